The van der Waals surface area contributed by atoms with Gasteiger partial charge in [0.05, 0.1) is 6.26 Å². The molecule has 0 saturated carbocycles. The van der Waals surface area contributed by atoms with Gasteiger partial charge in [-0.05, 0) is 35.5 Å². The van der Waals surface area contributed by atoms with Crippen LogP contribution in [0.5, 0.6) is 0 Å². The normalized spacial score (nSPS) is 12.4. The molecule has 2 nitrogen and oxygen atoms in total. The summed E-state index contributed by atoms with van der Waals surface area (Å²) in [6, 6.07) is 8.40. The van der Waals surface area contributed by atoms with Crippen molar-refractivity contribution in [3.05, 3.63) is 47.2 Å². The summed E-state index contributed by atoms with van der Waals surface area (Å²) < 4.78 is 4.90. The third-order valence-electron chi connectivity index (χ3n) is 2.72. The molecule has 0 aliphatic heterocycles. The highest BCUT2D eigenvalue weighted by Crippen LogP contribution is 2.27. The SMILES string of the molecule is CC(=O)OC=C(C)Cc1ccccc1C(C)(C)C. The van der Waals surface area contributed by atoms with Crippen molar-refractivity contribution in [2.75, 3.05) is 0 Å². The Morgan fingerprint density at radius 2 is 1.83 bits per heavy atom. The van der Waals surface area contributed by atoms with Crippen LogP contribution in [0, 0.1) is 0 Å². The van der Waals surface area contributed by atoms with Gasteiger partial charge in [-0.3, -0.25) is 4.79 Å². The molecule has 0 saturated heterocycles. The van der Waals surface area contributed by atoms with Gasteiger partial charge in [-0.2, -0.15) is 0 Å². The van der Waals surface area contributed by atoms with Gasteiger partial charge in [-0.1, -0.05) is 45.0 Å². The van der Waals surface area contributed by atoms with E-state index in [1.807, 2.05) is 13.0 Å². The zero-order valence-corrected chi connectivity index (χ0v) is 11.9. The highest BCUT2D eigenvalue weighted by atomic mass is 16.5. The van der Waals surface area contributed by atoms with Gasteiger partial charge in [-0.25, -0.2) is 0 Å². The second-order valence-electron chi connectivity index (χ2n) is 5.66. The Labute approximate surface area is 110 Å². The summed E-state index contributed by atoms with van der Waals surface area (Å²) in [5, 5.41) is 0. The molecular weight excluding hydrogens is 224 g/mol. The van der Waals surface area contributed by atoms with Crippen LogP contribution < -0.4 is 0 Å². The molecule has 0 radical (unpaired) electrons. The van der Waals surface area contributed by atoms with Crippen LogP contribution in [0.3, 0.4) is 0 Å². The average molecular weight is 246 g/mol. The van der Waals surface area contributed by atoms with E-state index in [2.05, 4.69) is 39.0 Å². The first kappa shape index (κ1) is 14.5. The van der Waals surface area contributed by atoms with E-state index in [9.17, 15) is 4.79 Å². The van der Waals surface area contributed by atoms with Crippen molar-refractivity contribution in [2.45, 2.75) is 46.5 Å². The molecule has 0 amide bonds. The minimum Gasteiger partial charge on any atom is -0.435 e. The number of allylic oxidation sites excluding steroid dienone is 1. The van der Waals surface area contributed by atoms with Crippen molar-refractivity contribution in [3.8, 4) is 0 Å². The van der Waals surface area contributed by atoms with E-state index in [4.69, 9.17) is 4.74 Å². The quantitative estimate of drug-likeness (QED) is 0.595. The zero-order valence-electron chi connectivity index (χ0n) is 11.9. The van der Waals surface area contributed by atoms with Crippen LogP contribution in [-0.2, 0) is 21.4 Å². The van der Waals surface area contributed by atoms with Crippen molar-refractivity contribution in [1.82, 2.24) is 0 Å². The Morgan fingerprint density at radius 1 is 1.22 bits per heavy atom. The molecule has 18 heavy (non-hydrogen) atoms. The molecule has 1 aromatic carbocycles. The Morgan fingerprint density at radius 3 is 2.39 bits per heavy atom. The molecule has 0 atom stereocenters. The molecule has 0 spiro atoms. The summed E-state index contributed by atoms with van der Waals surface area (Å²) in [6.45, 7) is 10.0. The fourth-order valence-electron chi connectivity index (χ4n) is 1.93. The van der Waals surface area contributed by atoms with Gasteiger partial charge in [0.25, 0.3) is 0 Å². The van der Waals surface area contributed by atoms with Crippen molar-refractivity contribution < 1.29 is 9.53 Å². The Balaban J connectivity index is 2.91. The molecule has 0 aliphatic carbocycles. The standard InChI is InChI=1S/C16H22O2/c1-12(11-18-13(2)17)10-14-8-6-7-9-15(14)16(3,4)5/h6-9,11H,10H2,1-5H3. The van der Waals surface area contributed by atoms with Gasteiger partial charge in [-0.15, -0.1) is 0 Å². The molecule has 98 valence electrons. The van der Waals surface area contributed by atoms with Crippen molar-refractivity contribution in [1.29, 1.82) is 0 Å². The first-order valence-corrected chi connectivity index (χ1v) is 6.22. The fourth-order valence-corrected chi connectivity index (χ4v) is 1.93. The topological polar surface area (TPSA) is 26.3 Å². The van der Waals surface area contributed by atoms with Crippen LogP contribution in [0.25, 0.3) is 0 Å². The number of benzene rings is 1. The van der Waals surface area contributed by atoms with Crippen LogP contribution in [-0.4, -0.2) is 5.97 Å². The van der Waals surface area contributed by atoms with Gasteiger partial charge >= 0.3 is 5.97 Å². The van der Waals surface area contributed by atoms with Crippen LogP contribution in [0.1, 0.15) is 45.7 Å². The van der Waals surface area contributed by atoms with E-state index in [1.165, 1.54) is 18.1 Å². The molecule has 1 rings (SSSR count). The molecule has 0 unspecified atom stereocenters. The lowest BCUT2D eigenvalue weighted by atomic mass is 9.82. The summed E-state index contributed by atoms with van der Waals surface area (Å²) >= 11 is 0. The second kappa shape index (κ2) is 5.85. The van der Waals surface area contributed by atoms with Gasteiger partial charge in [0.2, 0.25) is 0 Å². The number of hydrogen-bond acceptors (Lipinski definition) is 2. The Bertz CT molecular complexity index is 450. The molecule has 0 aliphatic rings. The zero-order chi connectivity index (χ0) is 13.8. The number of esters is 1. The Hall–Kier alpha value is -1.57. The molecule has 1 aromatic rings. The van der Waals surface area contributed by atoms with Gasteiger partial charge in [0.15, 0.2) is 0 Å². The van der Waals surface area contributed by atoms with E-state index < -0.39 is 0 Å². The third kappa shape index (κ3) is 4.36. The minimum absolute atomic E-state index is 0.123. The van der Waals surface area contributed by atoms with Crippen LogP contribution >= 0.6 is 0 Å². The molecule has 0 fully saturated rings. The third-order valence-corrected chi connectivity index (χ3v) is 2.72. The van der Waals surface area contributed by atoms with Crippen molar-refractivity contribution >= 4 is 5.97 Å². The molecule has 0 heterocycles. The summed E-state index contributed by atoms with van der Waals surface area (Å²) in [5.74, 6) is -0.279. The summed E-state index contributed by atoms with van der Waals surface area (Å²) in [5.41, 5.74) is 3.78. The fraction of sp³-hybridized carbons (Fsp3) is 0.438. The molecule has 0 aromatic heterocycles. The average Bonchev–Trinajstić information content (AvgIpc) is 2.25. The summed E-state index contributed by atoms with van der Waals surface area (Å²) in [4.78, 5) is 10.8. The lowest BCUT2D eigenvalue weighted by Crippen LogP contribution is -2.14. The molecule has 2 heteroatoms. The first-order chi connectivity index (χ1) is 8.30. The summed E-state index contributed by atoms with van der Waals surface area (Å²) in [6.07, 6.45) is 2.35. The minimum atomic E-state index is -0.279. The van der Waals surface area contributed by atoms with Crippen molar-refractivity contribution in [2.24, 2.45) is 0 Å². The maximum Gasteiger partial charge on any atom is 0.307 e. The van der Waals surface area contributed by atoms with Gasteiger partial charge in [0, 0.05) is 6.92 Å². The first-order valence-electron chi connectivity index (χ1n) is 6.22. The van der Waals surface area contributed by atoms with Crippen LogP contribution in [0.15, 0.2) is 36.1 Å². The maximum atomic E-state index is 10.8. The number of carbonyl (C=O) groups excluding carboxylic acids is 1. The molecular formula is C16H22O2. The highest BCUT2D eigenvalue weighted by Gasteiger charge is 2.17. The predicted molar refractivity (Wildman–Crippen MR) is 74.4 cm³/mol. The van der Waals surface area contributed by atoms with Crippen LogP contribution in [0.4, 0.5) is 0 Å². The van der Waals surface area contributed by atoms with Gasteiger partial charge < -0.3 is 4.74 Å². The number of carbonyl (C=O) groups is 1. The lowest BCUT2D eigenvalue weighted by molar-refractivity contribution is -0.135. The second-order valence-corrected chi connectivity index (χ2v) is 5.66. The monoisotopic (exact) mass is 246 g/mol. The van der Waals surface area contributed by atoms with E-state index in [0.717, 1.165) is 12.0 Å². The smallest absolute Gasteiger partial charge is 0.307 e. The lowest BCUT2D eigenvalue weighted by Gasteiger charge is -2.23. The van der Waals surface area contributed by atoms with E-state index in [1.54, 1.807) is 6.26 Å². The predicted octanol–water partition coefficient (Wildman–Crippen LogP) is 3.99. The largest absolute Gasteiger partial charge is 0.435 e. The summed E-state index contributed by atoms with van der Waals surface area (Å²) in [7, 11) is 0. The number of ether oxygens (including phenoxy) is 1. The number of rotatable bonds is 3. The van der Waals surface area contributed by atoms with Crippen LogP contribution in [0.2, 0.25) is 0 Å². The number of hydrogen-bond donors (Lipinski definition) is 0. The Kier molecular flexibility index (Phi) is 4.71. The van der Waals surface area contributed by atoms with Crippen molar-refractivity contribution in [3.63, 3.8) is 0 Å². The van der Waals surface area contributed by atoms with E-state index in [-0.39, 0.29) is 11.4 Å². The highest BCUT2D eigenvalue weighted by molar-refractivity contribution is 5.66. The molecule has 0 bridgehead atoms. The van der Waals surface area contributed by atoms with E-state index in [0.29, 0.717) is 0 Å². The van der Waals surface area contributed by atoms with E-state index >= 15 is 0 Å². The molecule has 0 N–H and O–H groups in total. The van der Waals surface area contributed by atoms with Gasteiger partial charge in [0.1, 0.15) is 0 Å². The maximum absolute atomic E-state index is 10.8.